The minimum Gasteiger partial charge on any atom is -0.326 e. The van der Waals surface area contributed by atoms with Crippen molar-refractivity contribution >= 4 is 23.2 Å². The summed E-state index contributed by atoms with van der Waals surface area (Å²) in [5.74, 6) is 1.58. The summed E-state index contributed by atoms with van der Waals surface area (Å²) >= 11 is 11.3. The van der Waals surface area contributed by atoms with E-state index in [1.807, 2.05) is 13.8 Å². The number of hydrogen-bond donors (Lipinski definition) is 2. The summed E-state index contributed by atoms with van der Waals surface area (Å²) in [7, 11) is 0. The molecule has 0 saturated carbocycles. The van der Waals surface area contributed by atoms with Crippen molar-refractivity contribution in [3.8, 4) is 0 Å². The van der Waals surface area contributed by atoms with Crippen LogP contribution in [0.1, 0.15) is 13.8 Å². The van der Waals surface area contributed by atoms with Crippen LogP contribution >= 0.6 is 23.2 Å². The average molecular weight is 213 g/mol. The van der Waals surface area contributed by atoms with Crippen LogP contribution in [0.3, 0.4) is 0 Å². The average Bonchev–Trinajstić information content (AvgIpc) is 2.12. The van der Waals surface area contributed by atoms with Crippen molar-refractivity contribution in [1.82, 2.24) is 0 Å². The molecule has 0 aromatic heterocycles. The Hall–Kier alpha value is 0.500. The minimum atomic E-state index is -0.0590. The molecule has 0 rings (SSSR count). The quantitative estimate of drug-likeness (QED) is 0.678. The summed E-state index contributed by atoms with van der Waals surface area (Å²) in [4.78, 5) is 0. The monoisotopic (exact) mass is 212 g/mol. The lowest BCUT2D eigenvalue weighted by molar-refractivity contribution is 0.352. The molecular weight excluding hydrogens is 195 g/mol. The number of alkyl halides is 2. The zero-order valence-electron chi connectivity index (χ0n) is 7.63. The molecule has 0 radical (unpaired) electrons. The first-order valence-corrected chi connectivity index (χ1v) is 5.24. The van der Waals surface area contributed by atoms with E-state index in [0.717, 1.165) is 0 Å². The van der Waals surface area contributed by atoms with Crippen LogP contribution in [0.25, 0.3) is 0 Å². The van der Waals surface area contributed by atoms with Crippen molar-refractivity contribution in [3.63, 3.8) is 0 Å². The zero-order chi connectivity index (χ0) is 9.72. The van der Waals surface area contributed by atoms with E-state index in [0.29, 0.717) is 11.8 Å². The molecule has 0 aliphatic rings. The second-order valence-electron chi connectivity index (χ2n) is 3.42. The normalized spacial score (nSPS) is 21.5. The van der Waals surface area contributed by atoms with Crippen LogP contribution in [0.2, 0.25) is 0 Å². The summed E-state index contributed by atoms with van der Waals surface area (Å²) in [5.41, 5.74) is 11.8. The van der Waals surface area contributed by atoms with Gasteiger partial charge in [0.1, 0.15) is 0 Å². The maximum atomic E-state index is 5.88. The van der Waals surface area contributed by atoms with Crippen LogP contribution in [-0.2, 0) is 0 Å². The lowest BCUT2D eigenvalue weighted by Gasteiger charge is -2.28. The van der Waals surface area contributed by atoms with Gasteiger partial charge in [-0.15, -0.1) is 23.2 Å². The fraction of sp³-hybridized carbons (Fsp3) is 1.00. The summed E-state index contributed by atoms with van der Waals surface area (Å²) < 4.78 is 0. The van der Waals surface area contributed by atoms with Crippen LogP contribution in [0.15, 0.2) is 0 Å². The largest absolute Gasteiger partial charge is 0.326 e. The first kappa shape index (κ1) is 12.5. The van der Waals surface area contributed by atoms with Gasteiger partial charge in [-0.2, -0.15) is 0 Å². The van der Waals surface area contributed by atoms with Crippen LogP contribution < -0.4 is 11.5 Å². The van der Waals surface area contributed by atoms with Crippen LogP contribution in [0.5, 0.6) is 0 Å². The summed E-state index contributed by atoms with van der Waals surface area (Å²) in [5, 5.41) is 0. The summed E-state index contributed by atoms with van der Waals surface area (Å²) in [6.45, 7) is 4.00. The van der Waals surface area contributed by atoms with E-state index in [9.17, 15) is 0 Å². The molecular formula is C8H18Cl2N2. The fourth-order valence-electron chi connectivity index (χ4n) is 0.964. The molecule has 74 valence electrons. The Labute approximate surface area is 84.6 Å². The highest BCUT2D eigenvalue weighted by Crippen LogP contribution is 2.13. The first-order valence-electron chi connectivity index (χ1n) is 4.17. The Morgan fingerprint density at radius 1 is 0.917 bits per heavy atom. The first-order chi connectivity index (χ1) is 5.54. The number of halogens is 2. The summed E-state index contributed by atoms with van der Waals surface area (Å²) in [6, 6.07) is -0.118. The number of nitrogens with two attached hydrogens (primary N) is 2. The van der Waals surface area contributed by atoms with E-state index in [1.54, 1.807) is 0 Å². The van der Waals surface area contributed by atoms with Gasteiger partial charge >= 0.3 is 0 Å². The van der Waals surface area contributed by atoms with Crippen molar-refractivity contribution in [2.75, 3.05) is 11.8 Å². The van der Waals surface area contributed by atoms with Gasteiger partial charge in [0.2, 0.25) is 0 Å². The Bertz CT molecular complexity index is 108. The van der Waals surface area contributed by atoms with Gasteiger partial charge < -0.3 is 11.5 Å². The molecule has 0 spiro atoms. The van der Waals surface area contributed by atoms with Gasteiger partial charge in [-0.05, 0) is 11.8 Å². The molecule has 0 bridgehead atoms. The van der Waals surface area contributed by atoms with E-state index < -0.39 is 0 Å². The Morgan fingerprint density at radius 2 is 1.17 bits per heavy atom. The third-order valence-electron chi connectivity index (χ3n) is 2.25. The van der Waals surface area contributed by atoms with Gasteiger partial charge in [0.15, 0.2) is 0 Å². The molecule has 4 heteroatoms. The molecule has 4 unspecified atom stereocenters. The van der Waals surface area contributed by atoms with Gasteiger partial charge in [0.25, 0.3) is 0 Å². The predicted octanol–water partition coefficient (Wildman–Crippen LogP) is 1.39. The molecule has 0 fully saturated rings. The standard InChI is InChI=1S/C8H18Cl2N2/c1-5(3-9)7(11)8(12)6(2)4-10/h5-8H,3-4,11-12H2,1-2H3. The van der Waals surface area contributed by atoms with Crippen LogP contribution in [0, 0.1) is 11.8 Å². The smallest absolute Gasteiger partial charge is 0.0264 e. The second-order valence-corrected chi connectivity index (χ2v) is 4.04. The highest BCUT2D eigenvalue weighted by Gasteiger charge is 2.23. The minimum absolute atomic E-state index is 0.0590. The zero-order valence-corrected chi connectivity index (χ0v) is 9.15. The molecule has 4 atom stereocenters. The maximum Gasteiger partial charge on any atom is 0.0264 e. The fourth-order valence-corrected chi connectivity index (χ4v) is 1.38. The summed E-state index contributed by atoms with van der Waals surface area (Å²) in [6.07, 6.45) is 0. The van der Waals surface area contributed by atoms with Gasteiger partial charge in [-0.3, -0.25) is 0 Å². The Morgan fingerprint density at radius 3 is 1.33 bits per heavy atom. The van der Waals surface area contributed by atoms with E-state index in [-0.39, 0.29) is 23.9 Å². The van der Waals surface area contributed by atoms with Crippen molar-refractivity contribution in [1.29, 1.82) is 0 Å². The predicted molar refractivity (Wildman–Crippen MR) is 55.7 cm³/mol. The van der Waals surface area contributed by atoms with E-state index in [2.05, 4.69) is 0 Å². The Kier molecular flexibility index (Phi) is 6.28. The third-order valence-corrected chi connectivity index (χ3v) is 3.22. The molecule has 2 nitrogen and oxygen atoms in total. The van der Waals surface area contributed by atoms with Crippen molar-refractivity contribution in [3.05, 3.63) is 0 Å². The second kappa shape index (κ2) is 6.03. The highest BCUT2D eigenvalue weighted by molar-refractivity contribution is 6.18. The molecule has 0 heterocycles. The van der Waals surface area contributed by atoms with Gasteiger partial charge in [0.05, 0.1) is 0 Å². The molecule has 0 aromatic rings. The third kappa shape index (κ3) is 3.48. The topological polar surface area (TPSA) is 52.0 Å². The molecule has 0 saturated heterocycles. The van der Waals surface area contributed by atoms with E-state index in [4.69, 9.17) is 34.7 Å². The number of rotatable bonds is 5. The number of hydrogen-bond acceptors (Lipinski definition) is 2. The highest BCUT2D eigenvalue weighted by atomic mass is 35.5. The van der Waals surface area contributed by atoms with Crippen molar-refractivity contribution in [2.45, 2.75) is 25.9 Å². The van der Waals surface area contributed by atoms with Crippen molar-refractivity contribution in [2.24, 2.45) is 23.3 Å². The molecule has 4 N–H and O–H groups in total. The molecule has 0 aliphatic carbocycles. The van der Waals surface area contributed by atoms with Crippen molar-refractivity contribution < 1.29 is 0 Å². The van der Waals surface area contributed by atoms with Gasteiger partial charge in [0, 0.05) is 23.8 Å². The lowest BCUT2D eigenvalue weighted by atomic mass is 9.90. The maximum absolute atomic E-state index is 5.88. The molecule has 12 heavy (non-hydrogen) atoms. The van der Waals surface area contributed by atoms with E-state index >= 15 is 0 Å². The molecule has 0 amide bonds. The SMILES string of the molecule is CC(CCl)C(N)C(N)C(C)CCl. The van der Waals surface area contributed by atoms with Crippen LogP contribution in [-0.4, -0.2) is 23.8 Å². The molecule has 0 aromatic carbocycles. The Balaban J connectivity index is 3.99. The van der Waals surface area contributed by atoms with Gasteiger partial charge in [-0.25, -0.2) is 0 Å². The van der Waals surface area contributed by atoms with E-state index in [1.165, 1.54) is 0 Å². The van der Waals surface area contributed by atoms with Crippen LogP contribution in [0.4, 0.5) is 0 Å². The lowest BCUT2D eigenvalue weighted by Crippen LogP contribution is -2.50. The van der Waals surface area contributed by atoms with Gasteiger partial charge in [-0.1, -0.05) is 13.8 Å². The molecule has 0 aliphatic heterocycles.